The largest absolute Gasteiger partial charge is 0.395 e. The third-order valence-corrected chi connectivity index (χ3v) is 4.57. The second kappa shape index (κ2) is 5.15. The molecule has 2 N–H and O–H groups in total. The van der Waals surface area contributed by atoms with Gasteiger partial charge in [0.25, 0.3) is 5.91 Å². The second-order valence-electron chi connectivity index (χ2n) is 4.60. The van der Waals surface area contributed by atoms with Crippen molar-refractivity contribution in [3.8, 4) is 10.4 Å². The number of hydrogen-bond donors (Lipinski definition) is 2. The lowest BCUT2D eigenvalue weighted by atomic mass is 9.91. The van der Waals surface area contributed by atoms with Crippen molar-refractivity contribution in [3.63, 3.8) is 0 Å². The van der Waals surface area contributed by atoms with Gasteiger partial charge in [0.1, 0.15) is 0 Å². The molecule has 0 saturated carbocycles. The quantitative estimate of drug-likeness (QED) is 0.901. The van der Waals surface area contributed by atoms with E-state index < -0.39 is 0 Å². The molecular weight excluding hydrogens is 258 g/mol. The van der Waals surface area contributed by atoms with Crippen molar-refractivity contribution in [2.45, 2.75) is 12.8 Å². The first-order valence-corrected chi connectivity index (χ1v) is 7.21. The number of rotatable bonds is 3. The first kappa shape index (κ1) is 12.4. The van der Waals surface area contributed by atoms with Crippen molar-refractivity contribution in [2.75, 3.05) is 13.2 Å². The molecule has 0 atom stereocenters. The maximum atomic E-state index is 11.9. The summed E-state index contributed by atoms with van der Waals surface area (Å²) in [5.74, 6) is -0.0917. The number of hydrogen-bond acceptors (Lipinski definition) is 3. The van der Waals surface area contributed by atoms with E-state index in [9.17, 15) is 4.79 Å². The molecule has 4 heteroatoms. The van der Waals surface area contributed by atoms with E-state index in [1.807, 2.05) is 12.1 Å². The Kier molecular flexibility index (Phi) is 3.36. The van der Waals surface area contributed by atoms with Crippen molar-refractivity contribution >= 4 is 17.2 Å². The number of aliphatic hydroxyl groups is 1. The van der Waals surface area contributed by atoms with Crippen LogP contribution in [0, 0.1) is 0 Å². The highest BCUT2D eigenvalue weighted by molar-refractivity contribution is 7.17. The van der Waals surface area contributed by atoms with Gasteiger partial charge < -0.3 is 10.4 Å². The van der Waals surface area contributed by atoms with Crippen LogP contribution >= 0.6 is 11.3 Å². The van der Waals surface area contributed by atoms with E-state index in [2.05, 4.69) is 23.5 Å². The van der Waals surface area contributed by atoms with Crippen molar-refractivity contribution in [2.24, 2.45) is 0 Å². The lowest BCUT2D eigenvalue weighted by molar-refractivity contribution is 0.0949. The summed E-state index contributed by atoms with van der Waals surface area (Å²) in [6.07, 6.45) is 2.04. The van der Waals surface area contributed by atoms with Gasteiger partial charge in [-0.15, -0.1) is 11.3 Å². The number of amides is 1. The van der Waals surface area contributed by atoms with Gasteiger partial charge in [-0.2, -0.15) is 0 Å². The minimum absolute atomic E-state index is 0.0281. The summed E-state index contributed by atoms with van der Waals surface area (Å²) >= 11 is 1.54. The Morgan fingerprint density at radius 3 is 2.89 bits per heavy atom. The van der Waals surface area contributed by atoms with Crippen LogP contribution in [0.4, 0.5) is 0 Å². The molecule has 0 aliphatic heterocycles. The molecule has 98 valence electrons. The molecule has 0 radical (unpaired) electrons. The zero-order valence-electron chi connectivity index (χ0n) is 10.5. The number of benzene rings is 1. The summed E-state index contributed by atoms with van der Waals surface area (Å²) in [6.45, 7) is 0.275. The van der Waals surface area contributed by atoms with E-state index in [0.717, 1.165) is 17.7 Å². The van der Waals surface area contributed by atoms with Gasteiger partial charge in [-0.1, -0.05) is 24.3 Å². The number of nitrogens with one attached hydrogen (secondary N) is 1. The van der Waals surface area contributed by atoms with E-state index >= 15 is 0 Å². The summed E-state index contributed by atoms with van der Waals surface area (Å²) in [6, 6.07) is 10.4. The van der Waals surface area contributed by atoms with Gasteiger partial charge in [0.05, 0.1) is 11.5 Å². The van der Waals surface area contributed by atoms with Crippen molar-refractivity contribution < 1.29 is 9.90 Å². The first-order valence-electron chi connectivity index (χ1n) is 6.39. The Bertz CT molecular complexity index is 618. The Hall–Kier alpha value is -1.65. The molecule has 0 bridgehead atoms. The average Bonchev–Trinajstić information content (AvgIpc) is 2.89. The Labute approximate surface area is 115 Å². The highest BCUT2D eigenvalue weighted by Crippen LogP contribution is 2.39. The summed E-state index contributed by atoms with van der Waals surface area (Å²) in [4.78, 5) is 13.9. The van der Waals surface area contributed by atoms with Crippen LogP contribution in [0.15, 0.2) is 30.3 Å². The number of thiophene rings is 1. The molecule has 1 heterocycles. The van der Waals surface area contributed by atoms with Gasteiger partial charge in [0, 0.05) is 11.4 Å². The summed E-state index contributed by atoms with van der Waals surface area (Å²) in [7, 11) is 0. The van der Waals surface area contributed by atoms with E-state index in [1.165, 1.54) is 21.6 Å². The van der Waals surface area contributed by atoms with Gasteiger partial charge in [0.15, 0.2) is 0 Å². The molecule has 3 rings (SSSR count). The predicted octanol–water partition coefficient (Wildman–Crippen LogP) is 2.24. The summed E-state index contributed by atoms with van der Waals surface area (Å²) < 4.78 is 0. The maximum absolute atomic E-state index is 11.9. The van der Waals surface area contributed by atoms with E-state index in [-0.39, 0.29) is 12.5 Å². The summed E-state index contributed by atoms with van der Waals surface area (Å²) in [5, 5.41) is 11.4. The lowest BCUT2D eigenvalue weighted by Gasteiger charge is -2.15. The molecule has 0 fully saturated rings. The molecular formula is C15H15NO2S. The molecule has 0 spiro atoms. The molecule has 1 aliphatic rings. The van der Waals surface area contributed by atoms with Crippen LogP contribution in [0.1, 0.15) is 20.8 Å². The normalized spacial score (nSPS) is 12.7. The lowest BCUT2D eigenvalue weighted by Crippen LogP contribution is -2.25. The third kappa shape index (κ3) is 2.29. The number of fused-ring (bicyclic) bond motifs is 3. The van der Waals surface area contributed by atoms with Crippen LogP contribution < -0.4 is 5.32 Å². The van der Waals surface area contributed by atoms with Crippen molar-refractivity contribution in [3.05, 3.63) is 46.3 Å². The Balaban J connectivity index is 1.94. The minimum atomic E-state index is -0.0917. The molecule has 1 aromatic heterocycles. The Morgan fingerprint density at radius 1 is 1.26 bits per heavy atom. The monoisotopic (exact) mass is 273 g/mol. The van der Waals surface area contributed by atoms with Crippen LogP contribution in [0.25, 0.3) is 10.4 Å². The van der Waals surface area contributed by atoms with Gasteiger partial charge in [-0.3, -0.25) is 4.79 Å². The fourth-order valence-corrected chi connectivity index (χ4v) is 3.63. The highest BCUT2D eigenvalue weighted by Gasteiger charge is 2.20. The molecule has 1 amide bonds. The van der Waals surface area contributed by atoms with Crippen LogP contribution in [0.3, 0.4) is 0 Å². The topological polar surface area (TPSA) is 49.3 Å². The molecule has 2 aromatic rings. The highest BCUT2D eigenvalue weighted by atomic mass is 32.1. The zero-order chi connectivity index (χ0) is 13.2. The average molecular weight is 273 g/mol. The maximum Gasteiger partial charge on any atom is 0.261 e. The standard InChI is InChI=1S/C15H15NO2S/c17-8-7-16-15(18)13-9-11-6-5-10-3-1-2-4-12(10)14(11)19-13/h1-4,9,17H,5-8H2,(H,16,18). The van der Waals surface area contributed by atoms with Crippen molar-refractivity contribution in [1.29, 1.82) is 0 Å². The summed E-state index contributed by atoms with van der Waals surface area (Å²) in [5.41, 5.74) is 3.88. The van der Waals surface area contributed by atoms with E-state index in [0.29, 0.717) is 6.54 Å². The fourth-order valence-electron chi connectivity index (χ4n) is 2.44. The fraction of sp³-hybridized carbons (Fsp3) is 0.267. The molecule has 1 aliphatic carbocycles. The van der Waals surface area contributed by atoms with Gasteiger partial charge >= 0.3 is 0 Å². The molecule has 0 saturated heterocycles. The van der Waals surface area contributed by atoms with Gasteiger partial charge in [-0.05, 0) is 35.6 Å². The first-order chi connectivity index (χ1) is 9.29. The van der Waals surface area contributed by atoms with Gasteiger partial charge in [0.2, 0.25) is 0 Å². The molecule has 19 heavy (non-hydrogen) atoms. The van der Waals surface area contributed by atoms with Gasteiger partial charge in [-0.25, -0.2) is 0 Å². The van der Waals surface area contributed by atoms with Crippen LogP contribution in [0.5, 0.6) is 0 Å². The third-order valence-electron chi connectivity index (χ3n) is 3.36. The predicted molar refractivity (Wildman–Crippen MR) is 76.6 cm³/mol. The SMILES string of the molecule is O=C(NCCO)c1cc2c(s1)-c1ccccc1CC2. The number of carbonyl (C=O) groups excluding carboxylic acids is 1. The van der Waals surface area contributed by atoms with Crippen LogP contribution in [0.2, 0.25) is 0 Å². The van der Waals surface area contributed by atoms with E-state index in [4.69, 9.17) is 5.11 Å². The number of aryl methyl sites for hydroxylation is 2. The van der Waals surface area contributed by atoms with E-state index in [1.54, 1.807) is 11.3 Å². The second-order valence-corrected chi connectivity index (χ2v) is 5.65. The Morgan fingerprint density at radius 2 is 2.05 bits per heavy atom. The van der Waals surface area contributed by atoms with Crippen LogP contribution in [-0.4, -0.2) is 24.2 Å². The molecule has 1 aromatic carbocycles. The van der Waals surface area contributed by atoms with Crippen LogP contribution in [-0.2, 0) is 12.8 Å². The zero-order valence-corrected chi connectivity index (χ0v) is 11.3. The minimum Gasteiger partial charge on any atom is -0.395 e. The smallest absolute Gasteiger partial charge is 0.261 e. The number of carbonyl (C=O) groups is 1. The molecule has 0 unspecified atom stereocenters. The van der Waals surface area contributed by atoms with Crippen molar-refractivity contribution in [1.82, 2.24) is 5.32 Å². The molecule has 3 nitrogen and oxygen atoms in total. The number of aliphatic hydroxyl groups excluding tert-OH is 1.